The molecule has 1 saturated heterocycles. The maximum absolute atomic E-state index is 11.9. The monoisotopic (exact) mass is 323 g/mol. The molecule has 1 aromatic carbocycles. The van der Waals surface area contributed by atoms with Gasteiger partial charge in [0.25, 0.3) is 0 Å². The molecule has 23 heavy (non-hydrogen) atoms. The number of aliphatic hydroxyl groups is 1. The van der Waals surface area contributed by atoms with Crippen LogP contribution in [0.25, 0.3) is 0 Å². The van der Waals surface area contributed by atoms with Crippen LogP contribution >= 0.6 is 0 Å². The highest BCUT2D eigenvalue weighted by atomic mass is 16.6. The smallest absolute Gasteiger partial charge is 0.408 e. The minimum absolute atomic E-state index is 0.161. The van der Waals surface area contributed by atoms with Gasteiger partial charge in [0.2, 0.25) is 0 Å². The Bertz CT molecular complexity index is 499. The Kier molecular flexibility index (Phi) is 5.98. The molecule has 0 radical (unpaired) electrons. The molecule has 0 saturated carbocycles. The average Bonchev–Trinajstić information content (AvgIpc) is 2.86. The largest absolute Gasteiger partial charge is 0.444 e. The van der Waals surface area contributed by atoms with Gasteiger partial charge in [-0.25, -0.2) is 4.79 Å². The maximum Gasteiger partial charge on any atom is 0.408 e. The number of nitrogens with one attached hydrogen (secondary N) is 1. The van der Waals surface area contributed by atoms with Crippen LogP contribution in [0.1, 0.15) is 26.3 Å². The minimum Gasteiger partial charge on any atom is -0.444 e. The second kappa shape index (κ2) is 7.77. The van der Waals surface area contributed by atoms with Gasteiger partial charge in [-0.05, 0) is 26.3 Å². The zero-order valence-electron chi connectivity index (χ0n) is 13.8. The topological polar surface area (TPSA) is 77.0 Å². The number of alkyl carbamates (subject to hydrolysis) is 1. The third-order valence-electron chi connectivity index (χ3n) is 3.42. The summed E-state index contributed by atoms with van der Waals surface area (Å²) in [6.45, 7) is 5.92. The van der Waals surface area contributed by atoms with Gasteiger partial charge in [-0.3, -0.25) is 0 Å². The predicted octanol–water partition coefficient (Wildman–Crippen LogP) is 1.86. The Morgan fingerprint density at radius 1 is 1.35 bits per heavy atom. The molecular weight excluding hydrogens is 298 g/mol. The molecule has 1 heterocycles. The van der Waals surface area contributed by atoms with Crippen molar-refractivity contribution in [2.45, 2.75) is 51.2 Å². The lowest BCUT2D eigenvalue weighted by Crippen LogP contribution is -2.47. The summed E-state index contributed by atoms with van der Waals surface area (Å²) in [5.41, 5.74) is 0.451. The molecule has 1 amide bonds. The van der Waals surface area contributed by atoms with Crippen LogP contribution in [0.2, 0.25) is 0 Å². The molecule has 1 aliphatic heterocycles. The zero-order chi connectivity index (χ0) is 16.9. The van der Waals surface area contributed by atoms with E-state index in [1.165, 1.54) is 0 Å². The van der Waals surface area contributed by atoms with Crippen LogP contribution in [0.5, 0.6) is 0 Å². The summed E-state index contributed by atoms with van der Waals surface area (Å²) in [6.07, 6.45) is -1.40. The van der Waals surface area contributed by atoms with Crippen molar-refractivity contribution >= 4 is 6.09 Å². The molecule has 1 aliphatic rings. The van der Waals surface area contributed by atoms with E-state index < -0.39 is 23.9 Å². The molecular formula is C17H25NO5. The van der Waals surface area contributed by atoms with Gasteiger partial charge in [-0.15, -0.1) is 0 Å². The Morgan fingerprint density at radius 2 is 2.04 bits per heavy atom. The normalized spacial score (nSPS) is 24.4. The van der Waals surface area contributed by atoms with Crippen molar-refractivity contribution in [3.63, 3.8) is 0 Å². The number of ether oxygens (including phenoxy) is 3. The summed E-state index contributed by atoms with van der Waals surface area (Å²) < 4.78 is 16.6. The van der Waals surface area contributed by atoms with Gasteiger partial charge < -0.3 is 24.6 Å². The average molecular weight is 323 g/mol. The third-order valence-corrected chi connectivity index (χ3v) is 3.42. The van der Waals surface area contributed by atoms with Crippen LogP contribution in [0, 0.1) is 0 Å². The number of hydrogen-bond acceptors (Lipinski definition) is 5. The summed E-state index contributed by atoms with van der Waals surface area (Å²) in [5, 5.41) is 12.2. The molecule has 0 spiro atoms. The molecule has 0 unspecified atom stereocenters. The van der Waals surface area contributed by atoms with E-state index in [0.717, 1.165) is 5.56 Å². The van der Waals surface area contributed by atoms with Gasteiger partial charge in [-0.1, -0.05) is 30.3 Å². The number of aliphatic hydroxyl groups excluding tert-OH is 1. The van der Waals surface area contributed by atoms with Crippen molar-refractivity contribution in [1.82, 2.24) is 5.32 Å². The van der Waals surface area contributed by atoms with E-state index in [-0.39, 0.29) is 19.3 Å². The second-order valence-electron chi connectivity index (χ2n) is 6.57. The Balaban J connectivity index is 1.94. The first-order valence-electron chi connectivity index (χ1n) is 7.76. The third kappa shape index (κ3) is 5.49. The summed E-state index contributed by atoms with van der Waals surface area (Å²) >= 11 is 0. The van der Waals surface area contributed by atoms with Crippen LogP contribution in [0.4, 0.5) is 4.79 Å². The summed E-state index contributed by atoms with van der Waals surface area (Å²) in [4.78, 5) is 11.9. The molecule has 0 bridgehead atoms. The van der Waals surface area contributed by atoms with Crippen LogP contribution in [0.3, 0.4) is 0 Å². The Hall–Kier alpha value is -1.63. The maximum atomic E-state index is 11.9. The first kappa shape index (κ1) is 17.7. The zero-order valence-corrected chi connectivity index (χ0v) is 13.8. The van der Waals surface area contributed by atoms with Gasteiger partial charge in [-0.2, -0.15) is 0 Å². The van der Waals surface area contributed by atoms with Crippen LogP contribution < -0.4 is 5.32 Å². The van der Waals surface area contributed by atoms with Crippen molar-refractivity contribution in [3.05, 3.63) is 35.9 Å². The lowest BCUT2D eigenvalue weighted by molar-refractivity contribution is -0.0439. The van der Waals surface area contributed by atoms with Gasteiger partial charge in [0.15, 0.2) is 0 Å². The first-order valence-corrected chi connectivity index (χ1v) is 7.76. The summed E-state index contributed by atoms with van der Waals surface area (Å²) in [5.74, 6) is 0. The fourth-order valence-electron chi connectivity index (χ4n) is 2.41. The lowest BCUT2D eigenvalue weighted by atomic mass is 10.1. The van der Waals surface area contributed by atoms with Crippen LogP contribution in [-0.2, 0) is 20.8 Å². The number of carbonyl (C=O) groups is 1. The summed E-state index contributed by atoms with van der Waals surface area (Å²) in [6, 6.07) is 9.37. The molecule has 3 atom stereocenters. The van der Waals surface area contributed by atoms with Gasteiger partial charge >= 0.3 is 6.09 Å². The van der Waals surface area contributed by atoms with E-state index in [9.17, 15) is 9.90 Å². The Labute approximate surface area is 136 Å². The fourth-order valence-corrected chi connectivity index (χ4v) is 2.41. The van der Waals surface area contributed by atoms with E-state index >= 15 is 0 Å². The van der Waals surface area contributed by atoms with Crippen molar-refractivity contribution in [2.75, 3.05) is 13.2 Å². The number of carbonyl (C=O) groups excluding carboxylic acids is 1. The highest BCUT2D eigenvalue weighted by Gasteiger charge is 2.39. The molecule has 2 rings (SSSR count). The van der Waals surface area contributed by atoms with Crippen molar-refractivity contribution < 1.29 is 24.1 Å². The van der Waals surface area contributed by atoms with E-state index in [4.69, 9.17) is 14.2 Å². The van der Waals surface area contributed by atoms with Gasteiger partial charge in [0.1, 0.15) is 17.8 Å². The highest BCUT2D eigenvalue weighted by molar-refractivity contribution is 5.68. The standard InChI is InChI=1S/C17H25NO5/c1-17(2,3)23-16(20)18-13-11-21-14(9-19)15(13)22-10-12-7-5-4-6-8-12/h4-8,13-15,19H,9-11H2,1-3H3,(H,18,20)/t13-,14-,15+/m0/s1. The van der Waals surface area contributed by atoms with Crippen molar-refractivity contribution in [1.29, 1.82) is 0 Å². The van der Waals surface area contributed by atoms with Crippen molar-refractivity contribution in [3.8, 4) is 0 Å². The molecule has 0 aromatic heterocycles. The lowest BCUT2D eigenvalue weighted by Gasteiger charge is -2.25. The molecule has 0 aliphatic carbocycles. The van der Waals surface area contributed by atoms with Crippen LogP contribution in [-0.4, -0.2) is 48.3 Å². The Morgan fingerprint density at radius 3 is 2.65 bits per heavy atom. The molecule has 6 nitrogen and oxygen atoms in total. The quantitative estimate of drug-likeness (QED) is 0.865. The molecule has 6 heteroatoms. The number of benzene rings is 1. The highest BCUT2D eigenvalue weighted by Crippen LogP contribution is 2.20. The summed E-state index contributed by atoms with van der Waals surface area (Å²) in [7, 11) is 0. The number of rotatable bonds is 5. The number of amides is 1. The van der Waals surface area contributed by atoms with Gasteiger partial charge in [0.05, 0.1) is 25.9 Å². The van der Waals surface area contributed by atoms with E-state index in [0.29, 0.717) is 6.61 Å². The van der Waals surface area contributed by atoms with Crippen molar-refractivity contribution in [2.24, 2.45) is 0 Å². The first-order chi connectivity index (χ1) is 10.9. The molecule has 1 fully saturated rings. The number of hydrogen-bond donors (Lipinski definition) is 2. The van der Waals surface area contributed by atoms with E-state index in [1.54, 1.807) is 20.8 Å². The van der Waals surface area contributed by atoms with E-state index in [2.05, 4.69) is 5.32 Å². The second-order valence-corrected chi connectivity index (χ2v) is 6.57. The van der Waals surface area contributed by atoms with E-state index in [1.807, 2.05) is 30.3 Å². The predicted molar refractivity (Wildman–Crippen MR) is 85.0 cm³/mol. The minimum atomic E-state index is -0.569. The van der Waals surface area contributed by atoms with Gasteiger partial charge in [0, 0.05) is 0 Å². The molecule has 1 aromatic rings. The fraction of sp³-hybridized carbons (Fsp3) is 0.588. The molecule has 128 valence electrons. The SMILES string of the molecule is CC(C)(C)OC(=O)N[C@H]1CO[C@@H](CO)[C@@H]1OCc1ccccc1. The van der Waals surface area contributed by atoms with Crippen LogP contribution in [0.15, 0.2) is 30.3 Å². The molecule has 2 N–H and O–H groups in total.